The molecule has 2 amide bonds. The van der Waals surface area contributed by atoms with Gasteiger partial charge < -0.3 is 10.6 Å². The van der Waals surface area contributed by atoms with E-state index in [4.69, 9.17) is 0 Å². The Labute approximate surface area is 159 Å². The minimum atomic E-state index is -3.90. The fraction of sp³-hybridized carbons (Fsp3) is 0.263. The van der Waals surface area contributed by atoms with Crippen LogP contribution >= 0.6 is 0 Å². The summed E-state index contributed by atoms with van der Waals surface area (Å²) in [6.45, 7) is 6.78. The molecule has 0 unspecified atom stereocenters. The van der Waals surface area contributed by atoms with Crippen molar-refractivity contribution >= 4 is 33.2 Å². The van der Waals surface area contributed by atoms with Gasteiger partial charge in [-0.15, -0.1) is 0 Å². The van der Waals surface area contributed by atoms with Gasteiger partial charge in [0, 0.05) is 24.2 Å². The molecule has 144 valence electrons. The second kappa shape index (κ2) is 8.22. The van der Waals surface area contributed by atoms with Crippen LogP contribution in [0.1, 0.15) is 36.7 Å². The normalized spacial score (nSPS) is 11.1. The summed E-state index contributed by atoms with van der Waals surface area (Å²) in [7, 11) is -3.90. The van der Waals surface area contributed by atoms with E-state index in [0.717, 1.165) is 0 Å². The Bertz CT molecular complexity index is 969. The molecule has 0 saturated carbocycles. The van der Waals surface area contributed by atoms with E-state index in [2.05, 4.69) is 15.4 Å². The molecule has 0 atom stereocenters. The first-order valence-corrected chi connectivity index (χ1v) is 9.89. The number of amides is 2. The predicted octanol–water partition coefficient (Wildman–Crippen LogP) is 2.89. The molecule has 2 aromatic carbocycles. The van der Waals surface area contributed by atoms with Crippen LogP contribution in [-0.4, -0.2) is 26.3 Å². The van der Waals surface area contributed by atoms with Crippen LogP contribution in [-0.2, 0) is 14.8 Å². The van der Waals surface area contributed by atoms with Crippen molar-refractivity contribution in [3.63, 3.8) is 0 Å². The zero-order chi connectivity index (χ0) is 20.2. The van der Waals surface area contributed by atoms with Gasteiger partial charge in [-0.25, -0.2) is 8.42 Å². The summed E-state index contributed by atoms with van der Waals surface area (Å²) in [4.78, 5) is 23.4. The first-order valence-electron chi connectivity index (χ1n) is 8.40. The smallest absolute Gasteiger partial charge is 0.261 e. The van der Waals surface area contributed by atoms with Gasteiger partial charge in [0.15, 0.2) is 0 Å². The monoisotopic (exact) mass is 389 g/mol. The molecular formula is C19H23N3O4S. The van der Waals surface area contributed by atoms with Crippen LogP contribution in [0, 0.1) is 6.92 Å². The number of anilines is 2. The van der Waals surface area contributed by atoms with E-state index in [-0.39, 0.29) is 22.8 Å². The maximum atomic E-state index is 12.7. The third-order valence-corrected chi connectivity index (χ3v) is 5.00. The van der Waals surface area contributed by atoms with Crippen molar-refractivity contribution in [2.75, 3.05) is 10.0 Å². The highest BCUT2D eigenvalue weighted by atomic mass is 32.2. The van der Waals surface area contributed by atoms with E-state index in [9.17, 15) is 18.0 Å². The average Bonchev–Trinajstić information content (AvgIpc) is 2.53. The molecule has 0 aliphatic carbocycles. The number of hydrogen-bond acceptors (Lipinski definition) is 4. The molecule has 3 N–H and O–H groups in total. The molecule has 0 saturated heterocycles. The van der Waals surface area contributed by atoms with E-state index >= 15 is 0 Å². The molecule has 2 aromatic rings. The Balaban J connectivity index is 2.31. The first-order chi connectivity index (χ1) is 12.6. The molecule has 0 heterocycles. The third-order valence-electron chi connectivity index (χ3n) is 3.62. The number of aryl methyl sites for hydroxylation is 1. The zero-order valence-corrected chi connectivity index (χ0v) is 16.5. The number of carbonyl (C=O) groups excluding carboxylic acids is 2. The van der Waals surface area contributed by atoms with Gasteiger partial charge in [-0.3, -0.25) is 14.3 Å². The first kappa shape index (κ1) is 20.4. The summed E-state index contributed by atoms with van der Waals surface area (Å²) in [5.74, 6) is -0.582. The molecule has 7 nitrogen and oxygen atoms in total. The standard InChI is InChI=1S/C19H23N3O4S/c1-12(2)20-19(24)18-11-17(9-8-13(18)3)27(25,26)22-16-7-5-6-15(10-16)21-14(4)23/h5-12,22H,1-4H3,(H,20,24)(H,21,23). The molecule has 0 radical (unpaired) electrons. The quantitative estimate of drug-likeness (QED) is 0.706. The van der Waals surface area contributed by atoms with E-state index in [0.29, 0.717) is 22.5 Å². The number of carbonyl (C=O) groups is 2. The molecule has 0 bridgehead atoms. The van der Waals surface area contributed by atoms with Gasteiger partial charge in [-0.1, -0.05) is 12.1 Å². The average molecular weight is 389 g/mol. The lowest BCUT2D eigenvalue weighted by atomic mass is 10.1. The van der Waals surface area contributed by atoms with Crippen molar-refractivity contribution in [3.05, 3.63) is 53.6 Å². The van der Waals surface area contributed by atoms with E-state index in [1.54, 1.807) is 31.2 Å². The van der Waals surface area contributed by atoms with Crippen LogP contribution in [0.15, 0.2) is 47.4 Å². The second-order valence-corrected chi connectivity index (χ2v) is 8.15. The second-order valence-electron chi connectivity index (χ2n) is 6.47. The molecule has 0 aliphatic heterocycles. The van der Waals surface area contributed by atoms with Gasteiger partial charge in [0.25, 0.3) is 15.9 Å². The van der Waals surface area contributed by atoms with Crippen molar-refractivity contribution in [1.29, 1.82) is 0 Å². The van der Waals surface area contributed by atoms with Crippen molar-refractivity contribution in [2.45, 2.75) is 38.6 Å². The van der Waals surface area contributed by atoms with Crippen molar-refractivity contribution in [2.24, 2.45) is 0 Å². The summed E-state index contributed by atoms with van der Waals surface area (Å²) >= 11 is 0. The fourth-order valence-electron chi connectivity index (χ4n) is 2.43. The summed E-state index contributed by atoms with van der Waals surface area (Å²) in [5.41, 5.74) is 1.76. The van der Waals surface area contributed by atoms with Gasteiger partial charge in [0.1, 0.15) is 0 Å². The molecule has 8 heteroatoms. The molecule has 27 heavy (non-hydrogen) atoms. The zero-order valence-electron chi connectivity index (χ0n) is 15.7. The van der Waals surface area contributed by atoms with Gasteiger partial charge in [0.05, 0.1) is 10.6 Å². The van der Waals surface area contributed by atoms with Crippen LogP contribution in [0.4, 0.5) is 11.4 Å². The number of rotatable bonds is 6. The highest BCUT2D eigenvalue weighted by Gasteiger charge is 2.19. The molecule has 0 fully saturated rings. The molecular weight excluding hydrogens is 366 g/mol. The Kier molecular flexibility index (Phi) is 6.22. The van der Waals surface area contributed by atoms with Crippen LogP contribution in [0.5, 0.6) is 0 Å². The highest BCUT2D eigenvalue weighted by molar-refractivity contribution is 7.92. The number of hydrogen-bond donors (Lipinski definition) is 3. The SMILES string of the molecule is CC(=O)Nc1cccc(NS(=O)(=O)c2ccc(C)c(C(=O)NC(C)C)c2)c1. The number of nitrogens with one attached hydrogen (secondary N) is 3. The minimum absolute atomic E-state index is 0.0214. The van der Waals surface area contributed by atoms with Gasteiger partial charge in [-0.2, -0.15) is 0 Å². The molecule has 0 aromatic heterocycles. The number of sulfonamides is 1. The van der Waals surface area contributed by atoms with Crippen molar-refractivity contribution in [1.82, 2.24) is 5.32 Å². The van der Waals surface area contributed by atoms with Crippen LogP contribution in [0.2, 0.25) is 0 Å². The Hall–Kier alpha value is -2.87. The molecule has 0 spiro atoms. The highest BCUT2D eigenvalue weighted by Crippen LogP contribution is 2.21. The maximum absolute atomic E-state index is 12.7. The van der Waals surface area contributed by atoms with Gasteiger partial charge >= 0.3 is 0 Å². The van der Waals surface area contributed by atoms with E-state index in [1.165, 1.54) is 25.1 Å². The molecule has 2 rings (SSSR count). The van der Waals surface area contributed by atoms with E-state index in [1.807, 2.05) is 13.8 Å². The Morgan fingerprint density at radius 3 is 2.30 bits per heavy atom. The summed E-state index contributed by atoms with van der Waals surface area (Å²) < 4.78 is 27.9. The van der Waals surface area contributed by atoms with Crippen LogP contribution in [0.3, 0.4) is 0 Å². The largest absolute Gasteiger partial charge is 0.350 e. The van der Waals surface area contributed by atoms with Crippen LogP contribution < -0.4 is 15.4 Å². The lowest BCUT2D eigenvalue weighted by Crippen LogP contribution is -2.30. The number of benzene rings is 2. The fourth-order valence-corrected chi connectivity index (χ4v) is 3.51. The molecule has 0 aliphatic rings. The minimum Gasteiger partial charge on any atom is -0.350 e. The Morgan fingerprint density at radius 1 is 1.00 bits per heavy atom. The van der Waals surface area contributed by atoms with Gasteiger partial charge in [0.2, 0.25) is 5.91 Å². The van der Waals surface area contributed by atoms with Crippen molar-refractivity contribution < 1.29 is 18.0 Å². The lowest BCUT2D eigenvalue weighted by Gasteiger charge is -2.13. The summed E-state index contributed by atoms with van der Waals surface area (Å²) in [6, 6.07) is 10.7. The summed E-state index contributed by atoms with van der Waals surface area (Å²) in [5, 5.41) is 5.35. The topological polar surface area (TPSA) is 104 Å². The third kappa shape index (κ3) is 5.55. The summed E-state index contributed by atoms with van der Waals surface area (Å²) in [6.07, 6.45) is 0. The van der Waals surface area contributed by atoms with E-state index < -0.39 is 10.0 Å². The van der Waals surface area contributed by atoms with Gasteiger partial charge in [-0.05, 0) is 56.7 Å². The maximum Gasteiger partial charge on any atom is 0.261 e. The van der Waals surface area contributed by atoms with Crippen LogP contribution in [0.25, 0.3) is 0 Å². The Morgan fingerprint density at radius 2 is 1.67 bits per heavy atom. The lowest BCUT2D eigenvalue weighted by molar-refractivity contribution is -0.114. The predicted molar refractivity (Wildman–Crippen MR) is 105 cm³/mol. The van der Waals surface area contributed by atoms with Crippen molar-refractivity contribution in [3.8, 4) is 0 Å².